The van der Waals surface area contributed by atoms with Gasteiger partial charge in [-0.25, -0.2) is 4.79 Å². The molecule has 2 amide bonds. The fourth-order valence-corrected chi connectivity index (χ4v) is 6.70. The zero-order valence-corrected chi connectivity index (χ0v) is 28.0. The van der Waals surface area contributed by atoms with Gasteiger partial charge in [-0.15, -0.1) is 0 Å². The van der Waals surface area contributed by atoms with Crippen molar-refractivity contribution in [2.45, 2.75) is 63.4 Å². The van der Waals surface area contributed by atoms with E-state index in [9.17, 15) is 15.0 Å². The first-order chi connectivity index (χ1) is 23.3. The molecule has 0 unspecified atom stereocenters. The first-order valence-corrected chi connectivity index (χ1v) is 17.1. The lowest BCUT2D eigenvalue weighted by Crippen LogP contribution is -2.46. The van der Waals surface area contributed by atoms with Crippen molar-refractivity contribution in [2.24, 2.45) is 0 Å². The van der Waals surface area contributed by atoms with E-state index in [0.29, 0.717) is 37.4 Å². The number of carbonyl (C=O) groups is 1. The van der Waals surface area contributed by atoms with Gasteiger partial charge in [-0.1, -0.05) is 90.5 Å². The molecule has 2 aliphatic heterocycles. The molecule has 0 aromatic heterocycles. The number of urea groups is 1. The lowest BCUT2D eigenvalue weighted by Gasteiger charge is -2.42. The number of hydrogen-bond acceptors (Lipinski definition) is 6. The van der Waals surface area contributed by atoms with Crippen molar-refractivity contribution in [1.29, 1.82) is 0 Å². The number of aliphatic hydroxyl groups is 2. The van der Waals surface area contributed by atoms with Crippen LogP contribution in [-0.2, 0) is 28.2 Å². The van der Waals surface area contributed by atoms with Crippen LogP contribution in [0.4, 0.5) is 4.79 Å². The molecule has 0 aliphatic carbocycles. The van der Waals surface area contributed by atoms with Crippen LogP contribution in [0.25, 0.3) is 11.1 Å². The zero-order chi connectivity index (χ0) is 33.5. The highest BCUT2D eigenvalue weighted by Gasteiger charge is 2.37. The minimum Gasteiger partial charge on any atom is -0.392 e. The molecule has 48 heavy (non-hydrogen) atoms. The molecule has 9 heteroatoms. The molecule has 8 nitrogen and oxygen atoms in total. The Morgan fingerprint density at radius 3 is 2.27 bits per heavy atom. The number of halogens is 1. The molecule has 2 fully saturated rings. The minimum atomic E-state index is -0.862. The molecule has 0 saturated carbocycles. The van der Waals surface area contributed by atoms with Gasteiger partial charge in [0, 0.05) is 49.7 Å². The molecule has 3 atom stereocenters. The van der Waals surface area contributed by atoms with E-state index in [1.54, 1.807) is 0 Å². The van der Waals surface area contributed by atoms with E-state index in [0.717, 1.165) is 58.6 Å². The van der Waals surface area contributed by atoms with Gasteiger partial charge >= 0.3 is 6.03 Å². The van der Waals surface area contributed by atoms with Crippen molar-refractivity contribution in [3.8, 4) is 11.1 Å². The second kappa shape index (κ2) is 15.6. The summed E-state index contributed by atoms with van der Waals surface area (Å²) in [5.74, 6) is 0. The first-order valence-electron chi connectivity index (χ1n) is 16.7. The number of piperidine rings is 1. The van der Waals surface area contributed by atoms with E-state index in [-0.39, 0.29) is 24.8 Å². The Morgan fingerprint density at radius 2 is 1.58 bits per heavy atom. The molecule has 0 spiro atoms. The fraction of sp³-hybridized carbons (Fsp3) is 0.359. The third kappa shape index (κ3) is 8.44. The van der Waals surface area contributed by atoms with Gasteiger partial charge in [0.1, 0.15) is 0 Å². The smallest absolute Gasteiger partial charge is 0.315 e. The van der Waals surface area contributed by atoms with E-state index in [1.165, 1.54) is 0 Å². The lowest BCUT2D eigenvalue weighted by atomic mass is 9.84. The third-order valence-corrected chi connectivity index (χ3v) is 9.63. The van der Waals surface area contributed by atoms with Crippen LogP contribution < -0.4 is 10.6 Å². The minimum absolute atomic E-state index is 0.00253. The third-order valence-electron chi connectivity index (χ3n) is 9.38. The Hall–Kier alpha value is -3.76. The number of amides is 2. The Morgan fingerprint density at radius 1 is 0.875 bits per heavy atom. The van der Waals surface area contributed by atoms with E-state index >= 15 is 0 Å². The van der Waals surface area contributed by atoms with Crippen molar-refractivity contribution < 1.29 is 24.5 Å². The summed E-state index contributed by atoms with van der Waals surface area (Å²) in [6, 6.07) is 31.7. The first kappa shape index (κ1) is 34.1. The highest BCUT2D eigenvalue weighted by Crippen LogP contribution is 2.40. The van der Waals surface area contributed by atoms with E-state index in [4.69, 9.17) is 21.1 Å². The maximum absolute atomic E-state index is 11.9. The summed E-state index contributed by atoms with van der Waals surface area (Å²) in [4.78, 5) is 14.2. The highest BCUT2D eigenvalue weighted by atomic mass is 35.5. The van der Waals surface area contributed by atoms with Crippen molar-refractivity contribution in [2.75, 3.05) is 26.2 Å². The number of likely N-dealkylation sites (tertiary alicyclic amines) is 1. The predicted octanol–water partition coefficient (Wildman–Crippen LogP) is 6.85. The van der Waals surface area contributed by atoms with Crippen molar-refractivity contribution in [1.82, 2.24) is 15.5 Å². The SMILES string of the molecule is CCNC(=O)NCc1cccc(-c2ccc([C@H]3O[C@@H](CN4CCC(O)(c5ccc(Cl)cc5)CC4)C[C@@H](c4ccc(CO)cc4)O3)cc2)c1. The molecule has 2 aliphatic rings. The quantitative estimate of drug-likeness (QED) is 0.147. The second-order valence-electron chi connectivity index (χ2n) is 12.7. The van der Waals surface area contributed by atoms with Gasteiger partial charge < -0.3 is 35.2 Å². The van der Waals surface area contributed by atoms with E-state index < -0.39 is 11.9 Å². The predicted molar refractivity (Wildman–Crippen MR) is 187 cm³/mol. The van der Waals surface area contributed by atoms with Crippen molar-refractivity contribution in [3.63, 3.8) is 0 Å². The summed E-state index contributed by atoms with van der Waals surface area (Å²) >= 11 is 6.09. The summed E-state index contributed by atoms with van der Waals surface area (Å²) < 4.78 is 13.2. The number of benzene rings is 4. The summed E-state index contributed by atoms with van der Waals surface area (Å²) in [5, 5.41) is 27.3. The summed E-state index contributed by atoms with van der Waals surface area (Å²) in [7, 11) is 0. The number of nitrogens with one attached hydrogen (secondary N) is 2. The van der Waals surface area contributed by atoms with Crippen LogP contribution in [0.5, 0.6) is 0 Å². The molecule has 252 valence electrons. The van der Waals surface area contributed by atoms with E-state index in [1.807, 2.05) is 67.6 Å². The van der Waals surface area contributed by atoms with Crippen LogP contribution in [0.2, 0.25) is 5.02 Å². The van der Waals surface area contributed by atoms with Crippen LogP contribution >= 0.6 is 11.6 Å². The van der Waals surface area contributed by atoms with Gasteiger partial charge in [0.2, 0.25) is 0 Å². The molecule has 0 radical (unpaired) electrons. The van der Waals surface area contributed by atoms with Gasteiger partial charge in [-0.2, -0.15) is 0 Å². The van der Waals surface area contributed by atoms with Crippen LogP contribution in [0, 0.1) is 0 Å². The van der Waals surface area contributed by atoms with Gasteiger partial charge in [0.15, 0.2) is 6.29 Å². The summed E-state index contributed by atoms with van der Waals surface area (Å²) in [5.41, 5.74) is 6.03. The maximum Gasteiger partial charge on any atom is 0.315 e. The molecule has 4 N–H and O–H groups in total. The van der Waals surface area contributed by atoms with Gasteiger partial charge in [-0.3, -0.25) is 0 Å². The van der Waals surface area contributed by atoms with E-state index in [2.05, 4.69) is 51.9 Å². The number of rotatable bonds is 10. The summed E-state index contributed by atoms with van der Waals surface area (Å²) in [6.45, 7) is 5.16. The van der Waals surface area contributed by atoms with Gasteiger partial charge in [0.25, 0.3) is 0 Å². The van der Waals surface area contributed by atoms with Gasteiger partial charge in [0.05, 0.1) is 24.4 Å². The van der Waals surface area contributed by atoms with Crippen LogP contribution in [-0.4, -0.2) is 53.4 Å². The Labute approximate surface area is 287 Å². The Balaban J connectivity index is 1.15. The van der Waals surface area contributed by atoms with Crippen LogP contribution in [0.1, 0.15) is 66.4 Å². The monoisotopic (exact) mass is 669 g/mol. The number of ether oxygens (including phenoxy) is 2. The molecule has 6 rings (SSSR count). The Bertz CT molecular complexity index is 1640. The molecule has 0 bridgehead atoms. The zero-order valence-electron chi connectivity index (χ0n) is 27.3. The van der Waals surface area contributed by atoms with Gasteiger partial charge in [-0.05, 0) is 71.3 Å². The molecular formula is C39H44ClN3O5. The average Bonchev–Trinajstić information content (AvgIpc) is 3.12. The van der Waals surface area contributed by atoms with Crippen molar-refractivity contribution >= 4 is 17.6 Å². The second-order valence-corrected chi connectivity index (χ2v) is 13.2. The Kier molecular flexibility index (Phi) is 11.1. The number of carbonyl (C=O) groups excluding carboxylic acids is 1. The van der Waals surface area contributed by atoms with Crippen LogP contribution in [0.15, 0.2) is 97.1 Å². The van der Waals surface area contributed by atoms with Crippen molar-refractivity contribution in [3.05, 3.63) is 130 Å². The average molecular weight is 670 g/mol. The molecular weight excluding hydrogens is 626 g/mol. The lowest BCUT2D eigenvalue weighted by molar-refractivity contribution is -0.253. The number of aliphatic hydroxyl groups excluding tert-OH is 1. The standard InChI is InChI=1S/C39H44ClN3O5/c1-2-41-38(45)42-24-28-4-3-5-32(22-28)29-10-12-31(13-11-29)37-47-35(23-36(48-37)30-8-6-27(26-44)7-9-30)25-43-20-18-39(46,19-21-43)33-14-16-34(40)17-15-33/h3-17,22,35-37,44,46H,2,18-21,23-26H2,1H3,(H2,41,42,45)/t35-,36+,37+/m1/s1. The fourth-order valence-electron chi connectivity index (χ4n) is 6.57. The maximum atomic E-state index is 11.9. The highest BCUT2D eigenvalue weighted by molar-refractivity contribution is 6.30. The molecule has 2 heterocycles. The number of nitrogens with zero attached hydrogens (tertiary/aromatic N) is 1. The largest absolute Gasteiger partial charge is 0.392 e. The molecule has 4 aromatic carbocycles. The van der Waals surface area contributed by atoms with Crippen LogP contribution in [0.3, 0.4) is 0 Å². The normalized spacial score (nSPS) is 21.0. The summed E-state index contributed by atoms with van der Waals surface area (Å²) in [6.07, 6.45) is 1.16. The topological polar surface area (TPSA) is 103 Å². The number of hydrogen-bond donors (Lipinski definition) is 4. The molecule has 2 saturated heterocycles. The molecule has 4 aromatic rings.